The van der Waals surface area contributed by atoms with Gasteiger partial charge in [0.1, 0.15) is 0 Å². The van der Waals surface area contributed by atoms with Gasteiger partial charge in [-0.2, -0.15) is 0 Å². The van der Waals surface area contributed by atoms with Crippen LogP contribution in [0.4, 0.5) is 0 Å². The normalized spacial score (nSPS) is 17.3. The zero-order chi connectivity index (χ0) is 18.4. The molecule has 0 bridgehead atoms. The van der Waals surface area contributed by atoms with Crippen LogP contribution in [-0.4, -0.2) is 18.5 Å². The Kier molecular flexibility index (Phi) is 5.64. The molecule has 0 aliphatic carbocycles. The van der Waals surface area contributed by atoms with E-state index in [1.165, 1.54) is 0 Å². The molecular formula is C22H21NO3. The first-order valence-corrected chi connectivity index (χ1v) is 8.68. The third kappa shape index (κ3) is 4.09. The first kappa shape index (κ1) is 17.7. The van der Waals surface area contributed by atoms with E-state index in [-0.39, 0.29) is 24.9 Å². The van der Waals surface area contributed by atoms with Crippen molar-refractivity contribution < 1.29 is 14.3 Å². The molecular weight excluding hydrogens is 326 g/mol. The van der Waals surface area contributed by atoms with E-state index in [1.54, 1.807) is 13.0 Å². The molecule has 1 atom stereocenters. The summed E-state index contributed by atoms with van der Waals surface area (Å²) >= 11 is 0. The van der Waals surface area contributed by atoms with Crippen LogP contribution in [0, 0.1) is 0 Å². The van der Waals surface area contributed by atoms with Crippen molar-refractivity contribution in [2.24, 2.45) is 0 Å². The van der Waals surface area contributed by atoms with Crippen LogP contribution in [0.1, 0.15) is 30.4 Å². The Hall–Kier alpha value is -3.14. The van der Waals surface area contributed by atoms with E-state index in [0.717, 1.165) is 11.1 Å². The number of hydrogen-bond acceptors (Lipinski definition) is 3. The molecule has 1 aliphatic heterocycles. The van der Waals surface area contributed by atoms with Gasteiger partial charge in [0.2, 0.25) is 5.91 Å². The van der Waals surface area contributed by atoms with Gasteiger partial charge in [0.25, 0.3) is 0 Å². The number of hydrogen-bond donors (Lipinski definition) is 1. The van der Waals surface area contributed by atoms with E-state index < -0.39 is 5.97 Å². The highest BCUT2D eigenvalue weighted by Gasteiger charge is 2.33. The Labute approximate surface area is 153 Å². The van der Waals surface area contributed by atoms with Crippen LogP contribution in [0.2, 0.25) is 0 Å². The SMILES string of the molecule is CCOC(=O)C1=C(/C=C/c2ccccc2)NC(=O)CC1c1ccccc1. The molecule has 0 saturated carbocycles. The van der Waals surface area contributed by atoms with Gasteiger partial charge in [-0.05, 0) is 24.1 Å². The van der Waals surface area contributed by atoms with Crippen LogP contribution in [0.3, 0.4) is 0 Å². The lowest BCUT2D eigenvalue weighted by Crippen LogP contribution is -2.34. The first-order valence-electron chi connectivity index (χ1n) is 8.68. The molecule has 0 spiro atoms. The number of nitrogens with one attached hydrogen (secondary N) is 1. The number of carbonyl (C=O) groups is 2. The zero-order valence-electron chi connectivity index (χ0n) is 14.6. The Morgan fingerprint density at radius 3 is 2.38 bits per heavy atom. The summed E-state index contributed by atoms with van der Waals surface area (Å²) in [6.45, 7) is 2.06. The minimum absolute atomic E-state index is 0.111. The lowest BCUT2D eigenvalue weighted by Gasteiger charge is -2.26. The predicted octanol–water partition coefficient (Wildman–Crippen LogP) is 3.82. The van der Waals surface area contributed by atoms with Crippen molar-refractivity contribution in [1.29, 1.82) is 0 Å². The Morgan fingerprint density at radius 1 is 1.08 bits per heavy atom. The fourth-order valence-electron chi connectivity index (χ4n) is 3.05. The van der Waals surface area contributed by atoms with Crippen LogP contribution in [0.25, 0.3) is 6.08 Å². The summed E-state index contributed by atoms with van der Waals surface area (Å²) in [5.74, 6) is -0.826. The maximum atomic E-state index is 12.6. The highest BCUT2D eigenvalue weighted by atomic mass is 16.5. The molecule has 1 N–H and O–H groups in total. The molecule has 4 heteroatoms. The molecule has 2 aromatic carbocycles. The molecule has 0 fully saturated rings. The Morgan fingerprint density at radius 2 is 1.73 bits per heavy atom. The molecule has 1 aliphatic rings. The molecule has 1 heterocycles. The largest absolute Gasteiger partial charge is 0.463 e. The first-order chi connectivity index (χ1) is 12.7. The smallest absolute Gasteiger partial charge is 0.336 e. The summed E-state index contributed by atoms with van der Waals surface area (Å²) in [5, 5.41) is 2.83. The second kappa shape index (κ2) is 8.30. The second-order valence-electron chi connectivity index (χ2n) is 6.01. The fraction of sp³-hybridized carbons (Fsp3) is 0.182. The van der Waals surface area contributed by atoms with E-state index in [2.05, 4.69) is 5.32 Å². The van der Waals surface area contributed by atoms with Crippen LogP contribution in [0.5, 0.6) is 0 Å². The van der Waals surface area contributed by atoms with Gasteiger partial charge >= 0.3 is 5.97 Å². The molecule has 0 aromatic heterocycles. The Bertz CT molecular complexity index is 838. The van der Waals surface area contributed by atoms with Crippen molar-refractivity contribution in [1.82, 2.24) is 5.32 Å². The topological polar surface area (TPSA) is 55.4 Å². The maximum Gasteiger partial charge on any atom is 0.336 e. The molecule has 0 radical (unpaired) electrons. The number of rotatable bonds is 5. The highest BCUT2D eigenvalue weighted by Crippen LogP contribution is 2.34. The summed E-state index contributed by atoms with van der Waals surface area (Å²) in [4.78, 5) is 24.9. The van der Waals surface area contributed by atoms with Crippen LogP contribution in [0.15, 0.2) is 78.0 Å². The monoisotopic (exact) mass is 347 g/mol. The average Bonchev–Trinajstić information content (AvgIpc) is 2.67. The fourth-order valence-corrected chi connectivity index (χ4v) is 3.05. The summed E-state index contributed by atoms with van der Waals surface area (Å²) in [6, 6.07) is 19.3. The van der Waals surface area contributed by atoms with Crippen molar-refractivity contribution in [3.05, 3.63) is 89.1 Å². The van der Waals surface area contributed by atoms with Crippen molar-refractivity contribution in [2.75, 3.05) is 6.61 Å². The lowest BCUT2D eigenvalue weighted by atomic mass is 9.84. The maximum absolute atomic E-state index is 12.6. The van der Waals surface area contributed by atoms with Crippen molar-refractivity contribution in [3.8, 4) is 0 Å². The van der Waals surface area contributed by atoms with Gasteiger partial charge in [0, 0.05) is 12.3 Å². The van der Waals surface area contributed by atoms with E-state index in [0.29, 0.717) is 11.3 Å². The molecule has 1 amide bonds. The van der Waals surface area contributed by atoms with Gasteiger partial charge in [-0.15, -0.1) is 0 Å². The molecule has 1 unspecified atom stereocenters. The minimum Gasteiger partial charge on any atom is -0.463 e. The molecule has 132 valence electrons. The molecule has 4 nitrogen and oxygen atoms in total. The van der Waals surface area contributed by atoms with Crippen LogP contribution < -0.4 is 5.32 Å². The highest BCUT2D eigenvalue weighted by molar-refractivity contribution is 5.97. The van der Waals surface area contributed by atoms with Crippen molar-refractivity contribution >= 4 is 18.0 Å². The van der Waals surface area contributed by atoms with Crippen molar-refractivity contribution in [2.45, 2.75) is 19.3 Å². The van der Waals surface area contributed by atoms with Gasteiger partial charge < -0.3 is 10.1 Å². The predicted molar refractivity (Wildman–Crippen MR) is 101 cm³/mol. The summed E-state index contributed by atoms with van der Waals surface area (Å²) in [6.07, 6.45) is 3.87. The quantitative estimate of drug-likeness (QED) is 0.837. The van der Waals surface area contributed by atoms with Gasteiger partial charge in [0.15, 0.2) is 0 Å². The number of benzene rings is 2. The summed E-state index contributed by atoms with van der Waals surface area (Å²) in [5.41, 5.74) is 2.90. The number of allylic oxidation sites excluding steroid dienone is 1. The van der Waals surface area contributed by atoms with Gasteiger partial charge in [0.05, 0.1) is 17.9 Å². The number of ether oxygens (including phenoxy) is 1. The van der Waals surface area contributed by atoms with E-state index in [1.807, 2.05) is 66.7 Å². The number of carbonyl (C=O) groups excluding carboxylic acids is 2. The van der Waals surface area contributed by atoms with Gasteiger partial charge in [-0.3, -0.25) is 4.79 Å². The van der Waals surface area contributed by atoms with Crippen molar-refractivity contribution in [3.63, 3.8) is 0 Å². The zero-order valence-corrected chi connectivity index (χ0v) is 14.6. The second-order valence-corrected chi connectivity index (χ2v) is 6.01. The van der Waals surface area contributed by atoms with Gasteiger partial charge in [-0.25, -0.2) is 4.79 Å². The lowest BCUT2D eigenvalue weighted by molar-refractivity contribution is -0.139. The minimum atomic E-state index is -0.394. The van der Waals surface area contributed by atoms with Crippen LogP contribution >= 0.6 is 0 Å². The molecule has 0 saturated heterocycles. The third-order valence-electron chi connectivity index (χ3n) is 4.24. The molecule has 26 heavy (non-hydrogen) atoms. The van der Waals surface area contributed by atoms with E-state index in [4.69, 9.17) is 4.74 Å². The average molecular weight is 347 g/mol. The van der Waals surface area contributed by atoms with E-state index in [9.17, 15) is 9.59 Å². The Balaban J connectivity index is 2.05. The summed E-state index contributed by atoms with van der Waals surface area (Å²) < 4.78 is 5.27. The summed E-state index contributed by atoms with van der Waals surface area (Å²) in [7, 11) is 0. The molecule has 3 rings (SSSR count). The third-order valence-corrected chi connectivity index (χ3v) is 4.24. The van der Waals surface area contributed by atoms with Gasteiger partial charge in [-0.1, -0.05) is 66.7 Å². The standard InChI is InChI=1S/C22H21NO3/c1-2-26-22(25)21-18(17-11-7-4-8-12-17)15-20(24)23-19(21)14-13-16-9-5-3-6-10-16/h3-14,18H,2,15H2,1H3,(H,23,24)/b14-13+. The number of esters is 1. The van der Waals surface area contributed by atoms with E-state index >= 15 is 0 Å². The van der Waals surface area contributed by atoms with Crippen LogP contribution in [-0.2, 0) is 14.3 Å². The molecule has 2 aromatic rings. The number of amides is 1.